The van der Waals surface area contributed by atoms with E-state index in [9.17, 15) is 18.3 Å². The fraction of sp³-hybridized carbons (Fsp3) is 0.500. The number of carbonyl (C=O) groups is 1. The molecule has 128 valence electrons. The SMILES string of the molecule is CCC(C(=O)O)N1CCN(S(=O)(=O)c2cccc(Cl)c2Cl)CC1. The van der Waals surface area contributed by atoms with Crippen LogP contribution in [0.2, 0.25) is 10.0 Å². The van der Waals surface area contributed by atoms with Gasteiger partial charge in [0.05, 0.1) is 10.0 Å². The maximum absolute atomic E-state index is 12.7. The number of halogens is 2. The number of piperazine rings is 1. The highest BCUT2D eigenvalue weighted by molar-refractivity contribution is 7.89. The van der Waals surface area contributed by atoms with E-state index in [1.165, 1.54) is 22.5 Å². The fourth-order valence-electron chi connectivity index (χ4n) is 2.67. The molecular weight excluding hydrogens is 363 g/mol. The predicted octanol–water partition coefficient (Wildman–Crippen LogP) is 2.16. The molecule has 1 saturated heterocycles. The van der Waals surface area contributed by atoms with Crippen LogP contribution in [0.3, 0.4) is 0 Å². The van der Waals surface area contributed by atoms with E-state index in [1.807, 2.05) is 0 Å². The number of nitrogens with zero attached hydrogens (tertiary/aromatic N) is 2. The van der Waals surface area contributed by atoms with Gasteiger partial charge in [0.1, 0.15) is 10.9 Å². The van der Waals surface area contributed by atoms with Crippen LogP contribution in [0.1, 0.15) is 13.3 Å². The van der Waals surface area contributed by atoms with Crippen molar-refractivity contribution in [1.82, 2.24) is 9.21 Å². The second kappa shape index (κ2) is 7.36. The van der Waals surface area contributed by atoms with E-state index in [-0.39, 0.29) is 28.0 Å². The van der Waals surface area contributed by atoms with E-state index in [0.717, 1.165) is 0 Å². The van der Waals surface area contributed by atoms with Crippen LogP contribution in [0.15, 0.2) is 23.1 Å². The van der Waals surface area contributed by atoms with Gasteiger partial charge in [-0.2, -0.15) is 4.31 Å². The summed E-state index contributed by atoms with van der Waals surface area (Å²) >= 11 is 11.9. The van der Waals surface area contributed by atoms with Crippen LogP contribution >= 0.6 is 23.2 Å². The van der Waals surface area contributed by atoms with Crippen molar-refractivity contribution in [3.05, 3.63) is 28.2 Å². The molecule has 1 aliphatic heterocycles. The molecular formula is C14H18Cl2N2O4S. The van der Waals surface area contributed by atoms with Crippen molar-refractivity contribution < 1.29 is 18.3 Å². The monoisotopic (exact) mass is 380 g/mol. The summed E-state index contributed by atoms with van der Waals surface area (Å²) in [4.78, 5) is 13.0. The number of rotatable bonds is 5. The topological polar surface area (TPSA) is 77.9 Å². The van der Waals surface area contributed by atoms with Crippen molar-refractivity contribution in [2.45, 2.75) is 24.3 Å². The molecule has 1 aliphatic rings. The fourth-order valence-corrected chi connectivity index (χ4v) is 4.83. The molecule has 6 nitrogen and oxygen atoms in total. The lowest BCUT2D eigenvalue weighted by Crippen LogP contribution is -2.53. The Morgan fingerprint density at radius 1 is 1.26 bits per heavy atom. The first-order valence-electron chi connectivity index (χ1n) is 7.20. The second-order valence-electron chi connectivity index (χ2n) is 5.25. The van der Waals surface area contributed by atoms with Crippen LogP contribution in [0, 0.1) is 0 Å². The summed E-state index contributed by atoms with van der Waals surface area (Å²) < 4.78 is 26.7. The molecule has 0 amide bonds. The van der Waals surface area contributed by atoms with Gasteiger partial charge < -0.3 is 5.11 Å². The predicted molar refractivity (Wildman–Crippen MR) is 88.5 cm³/mol. The maximum Gasteiger partial charge on any atom is 0.320 e. The molecule has 0 spiro atoms. The Kier molecular flexibility index (Phi) is 5.91. The average molecular weight is 381 g/mol. The Labute approximate surface area is 145 Å². The summed E-state index contributed by atoms with van der Waals surface area (Å²) in [7, 11) is -3.75. The summed E-state index contributed by atoms with van der Waals surface area (Å²) in [6.07, 6.45) is 0.474. The molecule has 0 saturated carbocycles. The quantitative estimate of drug-likeness (QED) is 0.846. The molecule has 1 fully saturated rings. The molecule has 1 aromatic carbocycles. The van der Waals surface area contributed by atoms with Gasteiger partial charge in [-0.15, -0.1) is 0 Å². The van der Waals surface area contributed by atoms with E-state index in [0.29, 0.717) is 19.5 Å². The molecule has 2 rings (SSSR count). The second-order valence-corrected chi connectivity index (χ2v) is 7.95. The van der Waals surface area contributed by atoms with Crippen molar-refractivity contribution in [1.29, 1.82) is 0 Å². The molecule has 1 N–H and O–H groups in total. The van der Waals surface area contributed by atoms with E-state index >= 15 is 0 Å². The highest BCUT2D eigenvalue weighted by Gasteiger charge is 2.33. The minimum Gasteiger partial charge on any atom is -0.480 e. The molecule has 9 heteroatoms. The van der Waals surface area contributed by atoms with Gasteiger partial charge in [0.25, 0.3) is 0 Å². The molecule has 1 unspecified atom stereocenters. The first-order valence-corrected chi connectivity index (χ1v) is 9.39. The third-order valence-electron chi connectivity index (χ3n) is 3.92. The highest BCUT2D eigenvalue weighted by Crippen LogP contribution is 2.31. The Morgan fingerprint density at radius 2 is 1.87 bits per heavy atom. The highest BCUT2D eigenvalue weighted by atomic mass is 35.5. The standard InChI is InChI=1S/C14H18Cl2N2O4S/c1-2-11(14(19)20)17-6-8-18(9-7-17)23(21,22)12-5-3-4-10(15)13(12)16/h3-5,11H,2,6-9H2,1H3,(H,19,20). The molecule has 23 heavy (non-hydrogen) atoms. The van der Waals surface area contributed by atoms with Crippen molar-refractivity contribution in [2.24, 2.45) is 0 Å². The molecule has 0 radical (unpaired) electrons. The van der Waals surface area contributed by atoms with Gasteiger partial charge in [-0.3, -0.25) is 9.69 Å². The third kappa shape index (κ3) is 3.80. The molecule has 0 bridgehead atoms. The Morgan fingerprint density at radius 3 is 2.39 bits per heavy atom. The molecule has 0 aliphatic carbocycles. The van der Waals surface area contributed by atoms with Crippen LogP contribution in [0.4, 0.5) is 0 Å². The third-order valence-corrected chi connectivity index (χ3v) is 6.79. The number of carboxylic acid groups (broad SMARTS) is 1. The number of carboxylic acids is 1. The largest absolute Gasteiger partial charge is 0.480 e. The number of aliphatic carboxylic acids is 1. The molecule has 0 aromatic heterocycles. The van der Waals surface area contributed by atoms with E-state index < -0.39 is 22.0 Å². The van der Waals surface area contributed by atoms with Gasteiger partial charge in [0, 0.05) is 26.2 Å². The lowest BCUT2D eigenvalue weighted by atomic mass is 10.1. The first kappa shape index (κ1) is 18.5. The molecule has 1 atom stereocenters. The number of hydrogen-bond donors (Lipinski definition) is 1. The van der Waals surface area contributed by atoms with E-state index in [4.69, 9.17) is 23.2 Å². The van der Waals surface area contributed by atoms with Crippen molar-refractivity contribution in [3.63, 3.8) is 0 Å². The van der Waals surface area contributed by atoms with Crippen LogP contribution in [-0.4, -0.2) is 60.9 Å². The zero-order valence-electron chi connectivity index (χ0n) is 12.6. The van der Waals surface area contributed by atoms with Crippen LogP contribution in [0.5, 0.6) is 0 Å². The zero-order chi connectivity index (χ0) is 17.2. The Bertz CT molecular complexity index is 688. The summed E-state index contributed by atoms with van der Waals surface area (Å²) in [5, 5.41) is 9.38. The van der Waals surface area contributed by atoms with Gasteiger partial charge >= 0.3 is 5.97 Å². The Balaban J connectivity index is 2.16. The summed E-state index contributed by atoms with van der Waals surface area (Å²) in [6.45, 7) is 2.96. The zero-order valence-corrected chi connectivity index (χ0v) is 14.9. The molecule has 1 aromatic rings. The Hall–Kier alpha value is -0.860. The van der Waals surface area contributed by atoms with Crippen LogP contribution < -0.4 is 0 Å². The summed E-state index contributed by atoms with van der Waals surface area (Å²) in [5.41, 5.74) is 0. The van der Waals surface area contributed by atoms with E-state index in [1.54, 1.807) is 11.8 Å². The smallest absolute Gasteiger partial charge is 0.320 e. The minimum atomic E-state index is -3.75. The number of sulfonamides is 1. The molecule has 1 heterocycles. The summed E-state index contributed by atoms with van der Waals surface area (Å²) in [5.74, 6) is -0.887. The van der Waals surface area contributed by atoms with Crippen molar-refractivity contribution in [3.8, 4) is 0 Å². The van der Waals surface area contributed by atoms with Crippen LogP contribution in [0.25, 0.3) is 0 Å². The maximum atomic E-state index is 12.7. The van der Waals surface area contributed by atoms with Gasteiger partial charge in [0.15, 0.2) is 0 Å². The minimum absolute atomic E-state index is 0.00793. The number of hydrogen-bond acceptors (Lipinski definition) is 4. The van der Waals surface area contributed by atoms with Gasteiger partial charge in [-0.1, -0.05) is 36.2 Å². The average Bonchev–Trinajstić information content (AvgIpc) is 2.50. The first-order chi connectivity index (χ1) is 10.8. The van der Waals surface area contributed by atoms with Gasteiger partial charge in [-0.05, 0) is 18.6 Å². The normalized spacial score (nSPS) is 18.7. The van der Waals surface area contributed by atoms with Crippen LogP contribution in [-0.2, 0) is 14.8 Å². The lowest BCUT2D eigenvalue weighted by Gasteiger charge is -2.36. The number of benzene rings is 1. The van der Waals surface area contributed by atoms with Gasteiger partial charge in [-0.25, -0.2) is 8.42 Å². The van der Waals surface area contributed by atoms with Gasteiger partial charge in [0.2, 0.25) is 10.0 Å². The van der Waals surface area contributed by atoms with Crippen molar-refractivity contribution >= 4 is 39.2 Å². The van der Waals surface area contributed by atoms with Crippen molar-refractivity contribution in [2.75, 3.05) is 26.2 Å². The van der Waals surface area contributed by atoms with E-state index in [2.05, 4.69) is 0 Å². The summed E-state index contributed by atoms with van der Waals surface area (Å²) in [6, 6.07) is 3.89. The lowest BCUT2D eigenvalue weighted by molar-refractivity contribution is -0.143.